The van der Waals surface area contributed by atoms with E-state index >= 15 is 0 Å². The molecule has 3 nitrogen and oxygen atoms in total. The molecule has 1 aliphatic rings. The molecule has 0 bridgehead atoms. The van der Waals surface area contributed by atoms with Crippen molar-refractivity contribution in [2.45, 2.75) is 45.1 Å². The number of anilines is 1. The van der Waals surface area contributed by atoms with Crippen molar-refractivity contribution >= 4 is 11.7 Å². The molecule has 0 unspecified atom stereocenters. The van der Waals surface area contributed by atoms with Gasteiger partial charge in [-0.1, -0.05) is 12.1 Å². The van der Waals surface area contributed by atoms with Crippen LogP contribution in [0.5, 0.6) is 0 Å². The Labute approximate surface area is 102 Å². The Morgan fingerprint density at radius 2 is 2.12 bits per heavy atom. The first-order valence-corrected chi connectivity index (χ1v) is 6.19. The van der Waals surface area contributed by atoms with Crippen LogP contribution in [0.2, 0.25) is 0 Å². The molecule has 1 saturated carbocycles. The minimum Gasteiger partial charge on any atom is -0.462 e. The summed E-state index contributed by atoms with van der Waals surface area (Å²) in [4.78, 5) is 11.7. The third-order valence-electron chi connectivity index (χ3n) is 3.24. The number of carbonyl (C=O) groups excluding carboxylic acids is 1. The molecular formula is C14H19NO2. The van der Waals surface area contributed by atoms with Crippen LogP contribution in [0.4, 0.5) is 5.69 Å². The van der Waals surface area contributed by atoms with Crippen LogP contribution >= 0.6 is 0 Å². The van der Waals surface area contributed by atoms with E-state index in [2.05, 4.69) is 0 Å². The summed E-state index contributed by atoms with van der Waals surface area (Å²) in [6.07, 6.45) is 4.77. The van der Waals surface area contributed by atoms with Gasteiger partial charge in [-0.2, -0.15) is 0 Å². The second kappa shape index (κ2) is 5.21. The van der Waals surface area contributed by atoms with Gasteiger partial charge in [0.25, 0.3) is 0 Å². The Morgan fingerprint density at radius 3 is 2.76 bits per heavy atom. The molecule has 3 heteroatoms. The molecule has 92 valence electrons. The first-order chi connectivity index (χ1) is 8.15. The highest BCUT2D eigenvalue weighted by Gasteiger charge is 2.19. The Kier molecular flexibility index (Phi) is 3.67. The van der Waals surface area contributed by atoms with Gasteiger partial charge in [0, 0.05) is 5.69 Å². The number of nitrogens with two attached hydrogens (primary N) is 1. The lowest BCUT2D eigenvalue weighted by Gasteiger charge is -2.12. The summed E-state index contributed by atoms with van der Waals surface area (Å²) in [7, 11) is 0. The van der Waals surface area contributed by atoms with Crippen LogP contribution in [0.1, 0.15) is 36.8 Å². The van der Waals surface area contributed by atoms with Gasteiger partial charge in [0.1, 0.15) is 6.10 Å². The van der Waals surface area contributed by atoms with E-state index in [0.29, 0.717) is 5.69 Å². The molecule has 0 aromatic heterocycles. The molecule has 2 N–H and O–H groups in total. The van der Waals surface area contributed by atoms with Gasteiger partial charge in [-0.15, -0.1) is 0 Å². The number of rotatable bonds is 3. The van der Waals surface area contributed by atoms with Crippen molar-refractivity contribution in [3.8, 4) is 0 Å². The van der Waals surface area contributed by atoms with Crippen LogP contribution in [0, 0.1) is 6.92 Å². The lowest BCUT2D eigenvalue weighted by atomic mass is 10.1. The molecule has 17 heavy (non-hydrogen) atoms. The van der Waals surface area contributed by atoms with E-state index < -0.39 is 0 Å². The molecule has 0 saturated heterocycles. The highest BCUT2D eigenvalue weighted by Crippen LogP contribution is 2.22. The standard InChI is InChI=1S/C14H19NO2/c1-10-6-7-11(13(15)8-10)9-14(16)17-12-4-2-3-5-12/h6-8,12H,2-5,9,15H2,1H3. The SMILES string of the molecule is Cc1ccc(CC(=O)OC2CCCC2)c(N)c1. The van der Waals surface area contributed by atoms with E-state index in [1.54, 1.807) is 0 Å². The average molecular weight is 233 g/mol. The summed E-state index contributed by atoms with van der Waals surface area (Å²) >= 11 is 0. The van der Waals surface area contributed by atoms with Crippen LogP contribution in [0.15, 0.2) is 18.2 Å². The summed E-state index contributed by atoms with van der Waals surface area (Å²) in [5.74, 6) is -0.160. The largest absolute Gasteiger partial charge is 0.462 e. The Balaban J connectivity index is 1.93. The molecule has 0 atom stereocenters. The van der Waals surface area contributed by atoms with Gasteiger partial charge < -0.3 is 10.5 Å². The zero-order chi connectivity index (χ0) is 12.3. The van der Waals surface area contributed by atoms with Crippen LogP contribution in [-0.4, -0.2) is 12.1 Å². The maximum Gasteiger partial charge on any atom is 0.310 e. The molecule has 0 radical (unpaired) electrons. The molecule has 0 heterocycles. The van der Waals surface area contributed by atoms with Gasteiger partial charge >= 0.3 is 5.97 Å². The van der Waals surface area contributed by atoms with Crippen molar-refractivity contribution in [2.75, 3.05) is 5.73 Å². The van der Waals surface area contributed by atoms with Crippen LogP contribution in [0.3, 0.4) is 0 Å². The summed E-state index contributed by atoms with van der Waals surface area (Å²) in [6, 6.07) is 5.76. The van der Waals surface area contributed by atoms with Gasteiger partial charge in [-0.25, -0.2) is 0 Å². The van der Waals surface area contributed by atoms with Gasteiger partial charge in [0.2, 0.25) is 0 Å². The van der Waals surface area contributed by atoms with Gasteiger partial charge in [0.15, 0.2) is 0 Å². The minimum absolute atomic E-state index is 0.133. The van der Waals surface area contributed by atoms with E-state index in [0.717, 1.165) is 24.0 Å². The highest BCUT2D eigenvalue weighted by molar-refractivity contribution is 5.75. The lowest BCUT2D eigenvalue weighted by molar-refractivity contribution is -0.147. The van der Waals surface area contributed by atoms with E-state index in [1.807, 2.05) is 25.1 Å². The number of aryl methyl sites for hydroxylation is 1. The average Bonchev–Trinajstić information content (AvgIpc) is 2.75. The summed E-state index contributed by atoms with van der Waals surface area (Å²) < 4.78 is 5.41. The van der Waals surface area contributed by atoms with Crippen molar-refractivity contribution in [3.63, 3.8) is 0 Å². The molecule has 0 aliphatic heterocycles. The predicted octanol–water partition coefficient (Wildman–Crippen LogP) is 2.61. The molecule has 1 aliphatic carbocycles. The topological polar surface area (TPSA) is 52.3 Å². The molecule has 1 aromatic carbocycles. The normalized spacial score (nSPS) is 16.1. The fraction of sp³-hybridized carbons (Fsp3) is 0.500. The van der Waals surface area contributed by atoms with Crippen molar-refractivity contribution in [1.29, 1.82) is 0 Å². The first kappa shape index (κ1) is 12.0. The number of hydrogen-bond donors (Lipinski definition) is 1. The van der Waals surface area contributed by atoms with E-state index in [1.165, 1.54) is 12.8 Å². The van der Waals surface area contributed by atoms with E-state index in [9.17, 15) is 4.79 Å². The fourth-order valence-corrected chi connectivity index (χ4v) is 2.26. The molecule has 1 fully saturated rings. The molecule has 0 amide bonds. The number of ether oxygens (including phenoxy) is 1. The van der Waals surface area contributed by atoms with Crippen molar-refractivity contribution in [2.24, 2.45) is 0 Å². The van der Waals surface area contributed by atoms with Crippen molar-refractivity contribution < 1.29 is 9.53 Å². The quantitative estimate of drug-likeness (QED) is 0.645. The number of carbonyl (C=O) groups is 1. The molecule has 2 rings (SSSR count). The van der Waals surface area contributed by atoms with E-state index in [4.69, 9.17) is 10.5 Å². The smallest absolute Gasteiger partial charge is 0.310 e. The maximum absolute atomic E-state index is 11.7. The highest BCUT2D eigenvalue weighted by atomic mass is 16.5. The second-order valence-electron chi connectivity index (χ2n) is 4.78. The number of esters is 1. The van der Waals surface area contributed by atoms with E-state index in [-0.39, 0.29) is 18.5 Å². The van der Waals surface area contributed by atoms with Crippen LogP contribution < -0.4 is 5.73 Å². The third kappa shape index (κ3) is 3.22. The fourth-order valence-electron chi connectivity index (χ4n) is 2.26. The van der Waals surface area contributed by atoms with Crippen LogP contribution in [0.25, 0.3) is 0 Å². The Bertz CT molecular complexity index is 409. The third-order valence-corrected chi connectivity index (χ3v) is 3.24. The van der Waals surface area contributed by atoms with Crippen molar-refractivity contribution in [3.05, 3.63) is 29.3 Å². The van der Waals surface area contributed by atoms with Gasteiger partial charge in [-0.05, 0) is 49.8 Å². The zero-order valence-corrected chi connectivity index (χ0v) is 10.2. The summed E-state index contributed by atoms with van der Waals surface area (Å²) in [6.45, 7) is 1.98. The summed E-state index contributed by atoms with van der Waals surface area (Å²) in [5.41, 5.74) is 8.51. The predicted molar refractivity (Wildman–Crippen MR) is 67.6 cm³/mol. The van der Waals surface area contributed by atoms with Crippen molar-refractivity contribution in [1.82, 2.24) is 0 Å². The minimum atomic E-state index is -0.160. The zero-order valence-electron chi connectivity index (χ0n) is 10.2. The van der Waals surface area contributed by atoms with Gasteiger partial charge in [-0.3, -0.25) is 4.79 Å². The maximum atomic E-state index is 11.7. The first-order valence-electron chi connectivity index (χ1n) is 6.19. The Morgan fingerprint density at radius 1 is 1.41 bits per heavy atom. The van der Waals surface area contributed by atoms with Crippen LogP contribution in [-0.2, 0) is 16.0 Å². The number of benzene rings is 1. The molecule has 0 spiro atoms. The molecule has 1 aromatic rings. The Hall–Kier alpha value is -1.51. The second-order valence-corrected chi connectivity index (χ2v) is 4.78. The monoisotopic (exact) mass is 233 g/mol. The summed E-state index contributed by atoms with van der Waals surface area (Å²) in [5, 5.41) is 0. The number of hydrogen-bond acceptors (Lipinski definition) is 3. The van der Waals surface area contributed by atoms with Gasteiger partial charge in [0.05, 0.1) is 6.42 Å². The molecular weight excluding hydrogens is 214 g/mol. The lowest BCUT2D eigenvalue weighted by Crippen LogP contribution is -2.17. The number of nitrogen functional groups attached to an aromatic ring is 1.